The third kappa shape index (κ3) is 2.36. The number of carbonyl (C=O) groups is 2. The van der Waals surface area contributed by atoms with E-state index in [1.165, 1.54) is 0 Å². The van der Waals surface area contributed by atoms with Gasteiger partial charge in [0, 0.05) is 6.42 Å². The maximum Gasteiger partial charge on any atom is 0.406 e. The summed E-state index contributed by atoms with van der Waals surface area (Å²) in [6.07, 6.45) is -4.73. The van der Waals surface area contributed by atoms with Crippen LogP contribution in [0.25, 0.3) is 0 Å². The molecule has 4 nitrogen and oxygen atoms in total. The normalized spacial score (nSPS) is 22.9. The topological polar surface area (TPSA) is 57.6 Å². The minimum absolute atomic E-state index is 0.0513. The second kappa shape index (κ2) is 3.47. The Balaban J connectivity index is 2.72. The third-order valence-electron chi connectivity index (χ3n) is 1.96. The van der Waals surface area contributed by atoms with Gasteiger partial charge in [-0.15, -0.1) is 0 Å². The molecule has 1 unspecified atom stereocenters. The van der Waals surface area contributed by atoms with Crippen molar-refractivity contribution in [1.29, 1.82) is 0 Å². The van der Waals surface area contributed by atoms with Crippen LogP contribution in [0.2, 0.25) is 0 Å². The maximum atomic E-state index is 11.9. The van der Waals surface area contributed by atoms with Crippen molar-refractivity contribution in [3.8, 4) is 0 Å². The number of aliphatic carboxylic acids is 1. The second-order valence-electron chi connectivity index (χ2n) is 3.03. The molecule has 0 aromatic carbocycles. The summed E-state index contributed by atoms with van der Waals surface area (Å²) in [5.74, 6) is -2.14. The first-order chi connectivity index (χ1) is 6.31. The van der Waals surface area contributed by atoms with Crippen molar-refractivity contribution < 1.29 is 27.9 Å². The molecule has 1 saturated heterocycles. The summed E-state index contributed by atoms with van der Waals surface area (Å²) in [7, 11) is 0. The molecule has 14 heavy (non-hydrogen) atoms. The smallest absolute Gasteiger partial charge is 0.406 e. The lowest BCUT2D eigenvalue weighted by molar-refractivity contribution is -0.167. The standard InChI is InChI=1S/C7H8F3NO3/c8-7(9,10)3-11-4(6(13)14)1-2-5(11)12/h4H,1-3H2,(H,13,14). The number of halogens is 3. The Kier molecular flexibility index (Phi) is 2.68. The molecule has 1 aliphatic heterocycles. The molecule has 0 bridgehead atoms. The maximum absolute atomic E-state index is 11.9. The SMILES string of the molecule is O=C(O)C1CCC(=O)N1CC(F)(F)F. The van der Waals surface area contributed by atoms with Crippen LogP contribution in [-0.4, -0.2) is 40.6 Å². The quantitative estimate of drug-likeness (QED) is 0.728. The highest BCUT2D eigenvalue weighted by molar-refractivity contribution is 5.87. The summed E-state index contributed by atoms with van der Waals surface area (Å²) >= 11 is 0. The van der Waals surface area contributed by atoms with E-state index in [1.807, 2.05) is 0 Å². The number of carboxylic acid groups (broad SMARTS) is 1. The van der Waals surface area contributed by atoms with Gasteiger partial charge in [-0.25, -0.2) is 4.79 Å². The highest BCUT2D eigenvalue weighted by Crippen LogP contribution is 2.24. The number of hydrogen-bond donors (Lipinski definition) is 1. The van der Waals surface area contributed by atoms with Gasteiger partial charge in [-0.1, -0.05) is 0 Å². The molecule has 0 aromatic rings. The van der Waals surface area contributed by atoms with Crippen LogP contribution in [-0.2, 0) is 9.59 Å². The first kappa shape index (κ1) is 10.8. The molecule has 0 radical (unpaired) electrons. The highest BCUT2D eigenvalue weighted by Gasteiger charge is 2.42. The fraction of sp³-hybridized carbons (Fsp3) is 0.714. The summed E-state index contributed by atoms with van der Waals surface area (Å²) in [6.45, 7) is -1.48. The summed E-state index contributed by atoms with van der Waals surface area (Å²) < 4.78 is 35.8. The van der Waals surface area contributed by atoms with Crippen molar-refractivity contribution in [3.05, 3.63) is 0 Å². The molecule has 1 amide bonds. The Labute approximate surface area is 77.3 Å². The van der Waals surface area contributed by atoms with Gasteiger partial charge in [0.2, 0.25) is 5.91 Å². The average Bonchev–Trinajstić information content (AvgIpc) is 2.29. The van der Waals surface area contributed by atoms with Gasteiger partial charge in [-0.05, 0) is 6.42 Å². The number of nitrogens with zero attached hydrogens (tertiary/aromatic N) is 1. The van der Waals surface area contributed by atoms with Gasteiger partial charge in [-0.3, -0.25) is 4.79 Å². The van der Waals surface area contributed by atoms with Crippen molar-refractivity contribution in [2.45, 2.75) is 25.1 Å². The molecule has 1 N–H and O–H groups in total. The van der Waals surface area contributed by atoms with Crippen LogP contribution in [0.5, 0.6) is 0 Å². The van der Waals surface area contributed by atoms with Crippen molar-refractivity contribution >= 4 is 11.9 Å². The Morgan fingerprint density at radius 1 is 1.57 bits per heavy atom. The van der Waals surface area contributed by atoms with Crippen LogP contribution in [0.4, 0.5) is 13.2 Å². The predicted molar refractivity (Wildman–Crippen MR) is 38.4 cm³/mol. The van der Waals surface area contributed by atoms with Crippen molar-refractivity contribution in [3.63, 3.8) is 0 Å². The van der Waals surface area contributed by atoms with Crippen molar-refractivity contribution in [2.24, 2.45) is 0 Å². The van der Waals surface area contributed by atoms with E-state index in [1.54, 1.807) is 0 Å². The highest BCUT2D eigenvalue weighted by atomic mass is 19.4. The van der Waals surface area contributed by atoms with Gasteiger partial charge in [0.1, 0.15) is 12.6 Å². The first-order valence-electron chi connectivity index (χ1n) is 3.90. The Bertz CT molecular complexity index is 263. The van der Waals surface area contributed by atoms with E-state index >= 15 is 0 Å². The average molecular weight is 211 g/mol. The second-order valence-corrected chi connectivity index (χ2v) is 3.03. The third-order valence-corrected chi connectivity index (χ3v) is 1.96. The van der Waals surface area contributed by atoms with Crippen LogP contribution in [0.15, 0.2) is 0 Å². The molecule has 80 valence electrons. The summed E-state index contributed by atoms with van der Waals surface area (Å²) in [6, 6.07) is -1.33. The number of likely N-dealkylation sites (tertiary alicyclic amines) is 1. The molecule has 0 aliphatic carbocycles. The van der Waals surface area contributed by atoms with Gasteiger partial charge in [-0.2, -0.15) is 13.2 Å². The van der Waals surface area contributed by atoms with Crippen LogP contribution in [0.1, 0.15) is 12.8 Å². The lowest BCUT2D eigenvalue weighted by Gasteiger charge is -2.22. The van der Waals surface area contributed by atoms with Crippen LogP contribution in [0.3, 0.4) is 0 Å². The van der Waals surface area contributed by atoms with E-state index in [9.17, 15) is 22.8 Å². The molecule has 0 spiro atoms. The molecule has 1 fully saturated rings. The number of rotatable bonds is 2. The lowest BCUT2D eigenvalue weighted by atomic mass is 10.2. The number of carboxylic acids is 1. The van der Waals surface area contributed by atoms with E-state index in [0.717, 1.165) is 0 Å². The number of alkyl halides is 3. The zero-order valence-corrected chi connectivity index (χ0v) is 7.04. The summed E-state index contributed by atoms with van der Waals surface area (Å²) in [4.78, 5) is 21.8. The number of amides is 1. The molecule has 0 saturated carbocycles. The van der Waals surface area contributed by atoms with Gasteiger partial charge < -0.3 is 10.0 Å². The van der Waals surface area contributed by atoms with Crippen LogP contribution in [0, 0.1) is 0 Å². The van der Waals surface area contributed by atoms with E-state index in [0.29, 0.717) is 4.90 Å². The minimum Gasteiger partial charge on any atom is -0.480 e. The van der Waals surface area contributed by atoms with Crippen molar-refractivity contribution in [1.82, 2.24) is 4.90 Å². The van der Waals surface area contributed by atoms with E-state index in [2.05, 4.69) is 0 Å². The van der Waals surface area contributed by atoms with E-state index in [-0.39, 0.29) is 12.8 Å². The summed E-state index contributed by atoms with van der Waals surface area (Å²) in [5.41, 5.74) is 0. The van der Waals surface area contributed by atoms with Gasteiger partial charge in [0.25, 0.3) is 0 Å². The van der Waals surface area contributed by atoms with Gasteiger partial charge in [0.15, 0.2) is 0 Å². The minimum atomic E-state index is -4.55. The Hall–Kier alpha value is -1.27. The van der Waals surface area contributed by atoms with Crippen LogP contribution >= 0.6 is 0 Å². The number of hydrogen-bond acceptors (Lipinski definition) is 2. The van der Waals surface area contributed by atoms with E-state index in [4.69, 9.17) is 5.11 Å². The molecule has 0 aromatic heterocycles. The first-order valence-corrected chi connectivity index (χ1v) is 3.90. The molecule has 1 heterocycles. The number of carbonyl (C=O) groups excluding carboxylic acids is 1. The van der Waals surface area contributed by atoms with Gasteiger partial charge >= 0.3 is 12.1 Å². The fourth-order valence-electron chi connectivity index (χ4n) is 1.38. The largest absolute Gasteiger partial charge is 0.480 e. The molecular weight excluding hydrogens is 203 g/mol. The van der Waals surface area contributed by atoms with E-state index < -0.39 is 30.6 Å². The summed E-state index contributed by atoms with van der Waals surface area (Å²) in [5, 5.41) is 8.54. The predicted octanol–water partition coefficient (Wildman–Crippen LogP) is 0.624. The Morgan fingerprint density at radius 2 is 2.14 bits per heavy atom. The fourth-order valence-corrected chi connectivity index (χ4v) is 1.38. The lowest BCUT2D eigenvalue weighted by Crippen LogP contribution is -2.43. The van der Waals surface area contributed by atoms with Gasteiger partial charge in [0.05, 0.1) is 0 Å². The molecule has 7 heteroatoms. The van der Waals surface area contributed by atoms with Crippen LogP contribution < -0.4 is 0 Å². The zero-order valence-electron chi connectivity index (χ0n) is 7.04. The molecule has 1 atom stereocenters. The molecule has 1 rings (SSSR count). The molecule has 1 aliphatic rings. The Morgan fingerprint density at radius 3 is 2.57 bits per heavy atom. The van der Waals surface area contributed by atoms with Crippen molar-refractivity contribution in [2.75, 3.05) is 6.54 Å². The molecular formula is C7H8F3NO3. The zero-order chi connectivity index (χ0) is 10.9. The monoisotopic (exact) mass is 211 g/mol.